The van der Waals surface area contributed by atoms with Gasteiger partial charge in [0, 0.05) is 11.0 Å². The lowest BCUT2D eigenvalue weighted by Gasteiger charge is -2.22. The van der Waals surface area contributed by atoms with Gasteiger partial charge in [-0.3, -0.25) is 4.79 Å². The monoisotopic (exact) mass is 264 g/mol. The molecule has 3 rings (SSSR count). The molecule has 3 heteroatoms. The standard InChI is InChI=1S/C17H16N2O/c18-11-17(12-19)15(16(17)9-5-2-6-10-16)14(20)13-7-3-1-4-8-13/h1,3-4,7-8,15H,2,5-6,9-10H2/t15-/m0/s1. The van der Waals surface area contributed by atoms with Crippen LogP contribution in [0.25, 0.3) is 0 Å². The van der Waals surface area contributed by atoms with Gasteiger partial charge in [0.25, 0.3) is 0 Å². The van der Waals surface area contributed by atoms with Crippen LogP contribution < -0.4 is 0 Å². The minimum atomic E-state index is -1.10. The zero-order valence-corrected chi connectivity index (χ0v) is 11.3. The van der Waals surface area contributed by atoms with Gasteiger partial charge in [0.15, 0.2) is 11.2 Å². The van der Waals surface area contributed by atoms with E-state index >= 15 is 0 Å². The van der Waals surface area contributed by atoms with E-state index in [0.717, 1.165) is 32.1 Å². The first-order valence-corrected chi connectivity index (χ1v) is 7.14. The van der Waals surface area contributed by atoms with Crippen molar-refractivity contribution in [3.8, 4) is 12.1 Å². The van der Waals surface area contributed by atoms with Crippen LogP contribution >= 0.6 is 0 Å². The summed E-state index contributed by atoms with van der Waals surface area (Å²) in [5, 5.41) is 19.0. The molecule has 0 radical (unpaired) electrons. The molecule has 1 atom stereocenters. The Kier molecular flexibility index (Phi) is 2.87. The number of nitriles is 2. The molecule has 0 amide bonds. The fourth-order valence-electron chi connectivity index (χ4n) is 4.05. The predicted octanol–water partition coefficient (Wildman–Crippen LogP) is 3.48. The van der Waals surface area contributed by atoms with Crippen LogP contribution in [0.5, 0.6) is 0 Å². The highest BCUT2D eigenvalue weighted by Gasteiger charge is 2.80. The van der Waals surface area contributed by atoms with Crippen molar-refractivity contribution < 1.29 is 4.79 Å². The first-order valence-electron chi connectivity index (χ1n) is 7.14. The first kappa shape index (κ1) is 12.9. The van der Waals surface area contributed by atoms with Crippen molar-refractivity contribution in [3.63, 3.8) is 0 Å². The summed E-state index contributed by atoms with van der Waals surface area (Å²) in [5.41, 5.74) is -0.864. The van der Waals surface area contributed by atoms with Crippen molar-refractivity contribution >= 4 is 5.78 Å². The van der Waals surface area contributed by atoms with E-state index in [1.54, 1.807) is 12.1 Å². The van der Waals surface area contributed by atoms with Crippen LogP contribution in [0.2, 0.25) is 0 Å². The fraction of sp³-hybridized carbons (Fsp3) is 0.471. The Morgan fingerprint density at radius 1 is 1.05 bits per heavy atom. The summed E-state index contributed by atoms with van der Waals surface area (Å²) < 4.78 is 0. The Hall–Kier alpha value is -2.13. The van der Waals surface area contributed by atoms with Crippen LogP contribution in [-0.2, 0) is 0 Å². The molecule has 20 heavy (non-hydrogen) atoms. The molecule has 1 aromatic carbocycles. The highest BCUT2D eigenvalue weighted by molar-refractivity contribution is 6.02. The lowest BCUT2D eigenvalue weighted by molar-refractivity contribution is 0.0937. The zero-order valence-electron chi connectivity index (χ0n) is 11.3. The van der Waals surface area contributed by atoms with Gasteiger partial charge in [-0.1, -0.05) is 49.6 Å². The van der Waals surface area contributed by atoms with Gasteiger partial charge in [0.1, 0.15) is 0 Å². The highest BCUT2D eigenvalue weighted by atomic mass is 16.1. The van der Waals surface area contributed by atoms with Crippen LogP contribution in [0.4, 0.5) is 0 Å². The highest BCUT2D eigenvalue weighted by Crippen LogP contribution is 2.75. The average Bonchev–Trinajstić information content (AvgIpc) is 3.08. The van der Waals surface area contributed by atoms with Crippen LogP contribution in [0.15, 0.2) is 30.3 Å². The summed E-state index contributed by atoms with van der Waals surface area (Å²) in [5.74, 6) is -0.469. The van der Waals surface area contributed by atoms with Gasteiger partial charge in [-0.15, -0.1) is 0 Å². The Balaban J connectivity index is 1.99. The molecule has 0 heterocycles. The number of hydrogen-bond donors (Lipinski definition) is 0. The van der Waals surface area contributed by atoms with E-state index in [1.165, 1.54) is 0 Å². The zero-order chi connectivity index (χ0) is 14.2. The number of rotatable bonds is 2. The second kappa shape index (κ2) is 4.46. The van der Waals surface area contributed by atoms with Gasteiger partial charge in [0.05, 0.1) is 18.1 Å². The molecule has 1 spiro atoms. The predicted molar refractivity (Wildman–Crippen MR) is 73.4 cm³/mol. The fourth-order valence-corrected chi connectivity index (χ4v) is 4.05. The first-order chi connectivity index (χ1) is 9.72. The summed E-state index contributed by atoms with van der Waals surface area (Å²) in [6, 6.07) is 13.4. The molecule has 2 aliphatic rings. The number of carbonyl (C=O) groups excluding carboxylic acids is 1. The van der Waals surface area contributed by atoms with Gasteiger partial charge in [-0.25, -0.2) is 0 Å². The summed E-state index contributed by atoms with van der Waals surface area (Å²) >= 11 is 0. The number of hydrogen-bond acceptors (Lipinski definition) is 3. The quantitative estimate of drug-likeness (QED) is 0.768. The topological polar surface area (TPSA) is 64.7 Å². The molecule has 0 N–H and O–H groups in total. The number of ketones is 1. The van der Waals surface area contributed by atoms with Crippen molar-refractivity contribution in [1.29, 1.82) is 10.5 Å². The molecule has 3 nitrogen and oxygen atoms in total. The van der Waals surface area contributed by atoms with Crippen molar-refractivity contribution in [3.05, 3.63) is 35.9 Å². The van der Waals surface area contributed by atoms with Crippen molar-refractivity contribution in [2.24, 2.45) is 16.7 Å². The second-order valence-corrected chi connectivity index (χ2v) is 5.91. The summed E-state index contributed by atoms with van der Waals surface area (Å²) in [6.45, 7) is 0. The Morgan fingerprint density at radius 3 is 2.20 bits per heavy atom. The molecule has 2 saturated carbocycles. The Labute approximate surface area is 118 Å². The molecule has 0 unspecified atom stereocenters. The second-order valence-electron chi connectivity index (χ2n) is 5.91. The van der Waals surface area contributed by atoms with Gasteiger partial charge in [-0.05, 0) is 12.8 Å². The number of carbonyl (C=O) groups is 1. The van der Waals surface area contributed by atoms with Crippen molar-refractivity contribution in [2.45, 2.75) is 32.1 Å². The number of Topliss-reactive ketones (excluding diaryl/α,β-unsaturated/α-hetero) is 1. The molecule has 0 bridgehead atoms. The third kappa shape index (κ3) is 1.47. The maximum atomic E-state index is 12.7. The number of nitrogens with zero attached hydrogens (tertiary/aromatic N) is 2. The van der Waals surface area contributed by atoms with E-state index in [4.69, 9.17) is 0 Å². The molecular weight excluding hydrogens is 248 g/mol. The third-order valence-electron chi connectivity index (χ3n) is 5.11. The lowest BCUT2D eigenvalue weighted by Crippen LogP contribution is -2.16. The van der Waals surface area contributed by atoms with Crippen LogP contribution in [0.3, 0.4) is 0 Å². The molecule has 2 fully saturated rings. The van der Waals surface area contributed by atoms with Crippen molar-refractivity contribution in [1.82, 2.24) is 0 Å². The molecule has 0 saturated heterocycles. The Morgan fingerprint density at radius 2 is 1.65 bits per heavy atom. The Bertz CT molecular complexity index is 601. The van der Waals surface area contributed by atoms with Gasteiger partial charge in [-0.2, -0.15) is 10.5 Å². The maximum absolute atomic E-state index is 12.7. The molecule has 0 aliphatic heterocycles. The average molecular weight is 264 g/mol. The summed E-state index contributed by atoms with van der Waals surface area (Å²) in [4.78, 5) is 12.7. The molecule has 2 aliphatic carbocycles. The minimum absolute atomic E-state index is 0.0319. The number of benzene rings is 1. The van der Waals surface area contributed by atoms with Gasteiger partial charge in [0.2, 0.25) is 0 Å². The normalized spacial score (nSPS) is 25.4. The molecule has 1 aromatic rings. The third-order valence-corrected chi connectivity index (χ3v) is 5.11. The van der Waals surface area contributed by atoms with E-state index in [0.29, 0.717) is 5.56 Å². The smallest absolute Gasteiger partial charge is 0.169 e. The van der Waals surface area contributed by atoms with Gasteiger partial charge < -0.3 is 0 Å². The largest absolute Gasteiger partial charge is 0.294 e. The maximum Gasteiger partial charge on any atom is 0.169 e. The van der Waals surface area contributed by atoms with Gasteiger partial charge >= 0.3 is 0 Å². The lowest BCUT2D eigenvalue weighted by atomic mass is 9.80. The van der Waals surface area contributed by atoms with Crippen molar-refractivity contribution in [2.75, 3.05) is 0 Å². The van der Waals surface area contributed by atoms with Crippen LogP contribution in [0, 0.1) is 39.4 Å². The van der Waals surface area contributed by atoms with E-state index in [2.05, 4.69) is 12.1 Å². The van der Waals surface area contributed by atoms with Crippen LogP contribution in [0.1, 0.15) is 42.5 Å². The van der Waals surface area contributed by atoms with Crippen LogP contribution in [-0.4, -0.2) is 5.78 Å². The summed E-state index contributed by atoms with van der Waals surface area (Å²) in [7, 11) is 0. The van der Waals surface area contributed by atoms with E-state index < -0.39 is 11.3 Å². The molecule has 0 aromatic heterocycles. The van der Waals surface area contributed by atoms with E-state index in [-0.39, 0.29) is 11.2 Å². The molecular formula is C17H16N2O. The minimum Gasteiger partial charge on any atom is -0.294 e. The summed E-state index contributed by atoms with van der Waals surface area (Å²) in [6.07, 6.45) is 4.84. The SMILES string of the molecule is N#CC1(C#N)[C@@H](C(=O)c2ccccc2)C12CCCCC2. The molecule has 100 valence electrons. The van der Waals surface area contributed by atoms with E-state index in [9.17, 15) is 15.3 Å². The van der Waals surface area contributed by atoms with E-state index in [1.807, 2.05) is 18.2 Å².